The van der Waals surface area contributed by atoms with Crippen molar-refractivity contribution in [2.24, 2.45) is 0 Å². The van der Waals surface area contributed by atoms with Gasteiger partial charge in [-0.15, -0.1) is 0 Å². The summed E-state index contributed by atoms with van der Waals surface area (Å²) in [5.41, 5.74) is 1.09. The van der Waals surface area contributed by atoms with Crippen molar-refractivity contribution in [1.82, 2.24) is 5.32 Å². The zero-order chi connectivity index (χ0) is 15.9. The predicted molar refractivity (Wildman–Crippen MR) is 79.5 cm³/mol. The van der Waals surface area contributed by atoms with Gasteiger partial charge in [-0.3, -0.25) is 4.79 Å². The molecule has 0 spiro atoms. The van der Waals surface area contributed by atoms with Gasteiger partial charge in [-0.2, -0.15) is 0 Å². The van der Waals surface area contributed by atoms with Gasteiger partial charge in [0.25, 0.3) is 0 Å². The number of hydrogen-bond donors (Lipinski definition) is 1. The fourth-order valence-electron chi connectivity index (χ4n) is 1.98. The normalized spacial score (nSPS) is 10.3. The zero-order valence-corrected chi connectivity index (χ0v) is 12.2. The first-order chi connectivity index (χ1) is 10.6. The molecule has 0 heterocycles. The Morgan fingerprint density at radius 1 is 1.14 bits per heavy atom. The first-order valence-electron chi connectivity index (χ1n) is 7.01. The molecule has 0 fully saturated rings. The van der Waals surface area contributed by atoms with Crippen LogP contribution in [-0.4, -0.2) is 12.5 Å². The molecule has 2 aromatic carbocycles. The van der Waals surface area contributed by atoms with Crippen LogP contribution in [0.15, 0.2) is 42.5 Å². The highest BCUT2D eigenvalue weighted by Gasteiger charge is 2.07. The third-order valence-electron chi connectivity index (χ3n) is 3.09. The van der Waals surface area contributed by atoms with Crippen LogP contribution in [0.25, 0.3) is 0 Å². The number of benzene rings is 2. The first kappa shape index (κ1) is 15.9. The van der Waals surface area contributed by atoms with Crippen molar-refractivity contribution in [3.8, 4) is 5.75 Å². The van der Waals surface area contributed by atoms with Crippen molar-refractivity contribution in [1.29, 1.82) is 0 Å². The topological polar surface area (TPSA) is 38.3 Å². The third kappa shape index (κ3) is 4.55. The molecule has 0 atom stereocenters. The lowest BCUT2D eigenvalue weighted by Crippen LogP contribution is -2.25. The van der Waals surface area contributed by atoms with E-state index in [0.29, 0.717) is 6.61 Å². The average Bonchev–Trinajstić information content (AvgIpc) is 2.49. The summed E-state index contributed by atoms with van der Waals surface area (Å²) in [6.45, 7) is 2.51. The molecule has 3 nitrogen and oxygen atoms in total. The van der Waals surface area contributed by atoms with Gasteiger partial charge in [0.2, 0.25) is 5.91 Å². The summed E-state index contributed by atoms with van der Waals surface area (Å²) in [5.74, 6) is -0.781. The molecule has 1 N–H and O–H groups in total. The number of hydrogen-bond acceptors (Lipinski definition) is 2. The minimum atomic E-state index is -0.665. The summed E-state index contributed by atoms with van der Waals surface area (Å²) in [6, 6.07) is 10.5. The molecule has 0 saturated carbocycles. The van der Waals surface area contributed by atoms with E-state index in [0.717, 1.165) is 23.4 Å². The van der Waals surface area contributed by atoms with Gasteiger partial charge in [-0.25, -0.2) is 8.78 Å². The maximum absolute atomic E-state index is 13.4. The fourth-order valence-corrected chi connectivity index (χ4v) is 1.98. The number of carbonyl (C=O) groups is 1. The molecule has 1 amide bonds. The van der Waals surface area contributed by atoms with Crippen molar-refractivity contribution in [3.05, 3.63) is 65.2 Å². The maximum Gasteiger partial charge on any atom is 0.224 e. The second kappa shape index (κ2) is 7.54. The van der Waals surface area contributed by atoms with Crippen LogP contribution in [0.5, 0.6) is 5.75 Å². The number of amides is 1. The number of carbonyl (C=O) groups excluding carboxylic acids is 1. The third-order valence-corrected chi connectivity index (χ3v) is 3.09. The second-order valence-corrected chi connectivity index (χ2v) is 4.77. The molecule has 0 aliphatic rings. The SMILES string of the molecule is CCOc1ccc(CC(=O)NCc2ccc(F)cc2F)cc1. The smallest absolute Gasteiger partial charge is 0.224 e. The monoisotopic (exact) mass is 305 g/mol. The van der Waals surface area contributed by atoms with Gasteiger partial charge < -0.3 is 10.1 Å². The minimum Gasteiger partial charge on any atom is -0.494 e. The van der Waals surface area contributed by atoms with E-state index in [1.165, 1.54) is 6.07 Å². The van der Waals surface area contributed by atoms with Crippen molar-refractivity contribution in [2.45, 2.75) is 19.9 Å². The van der Waals surface area contributed by atoms with Gasteiger partial charge >= 0.3 is 0 Å². The average molecular weight is 305 g/mol. The Bertz CT molecular complexity index is 642. The lowest BCUT2D eigenvalue weighted by molar-refractivity contribution is -0.120. The van der Waals surface area contributed by atoms with Crippen LogP contribution >= 0.6 is 0 Å². The van der Waals surface area contributed by atoms with E-state index in [-0.39, 0.29) is 24.4 Å². The largest absolute Gasteiger partial charge is 0.494 e. The Hall–Kier alpha value is -2.43. The van der Waals surface area contributed by atoms with E-state index in [1.54, 1.807) is 12.1 Å². The number of nitrogens with one attached hydrogen (secondary N) is 1. The Balaban J connectivity index is 1.87. The highest BCUT2D eigenvalue weighted by atomic mass is 19.1. The van der Waals surface area contributed by atoms with Gasteiger partial charge in [0.05, 0.1) is 13.0 Å². The molecular formula is C17H17F2NO2. The van der Waals surface area contributed by atoms with E-state index < -0.39 is 11.6 Å². The lowest BCUT2D eigenvalue weighted by atomic mass is 10.1. The Labute approximate surface area is 127 Å². The molecule has 0 bridgehead atoms. The van der Waals surface area contributed by atoms with Gasteiger partial charge in [-0.05, 0) is 30.7 Å². The van der Waals surface area contributed by atoms with Crippen molar-refractivity contribution >= 4 is 5.91 Å². The molecule has 2 aromatic rings. The fraction of sp³-hybridized carbons (Fsp3) is 0.235. The summed E-state index contributed by atoms with van der Waals surface area (Å²) in [5, 5.41) is 2.61. The molecular weight excluding hydrogens is 288 g/mol. The minimum absolute atomic E-state index is 0.0297. The van der Waals surface area contributed by atoms with E-state index in [9.17, 15) is 13.6 Å². The molecule has 0 aliphatic heterocycles. The highest BCUT2D eigenvalue weighted by Crippen LogP contribution is 2.13. The Kier molecular flexibility index (Phi) is 5.47. The van der Waals surface area contributed by atoms with Crippen LogP contribution in [-0.2, 0) is 17.8 Å². The number of ether oxygens (including phenoxy) is 1. The van der Waals surface area contributed by atoms with Crippen molar-refractivity contribution in [2.75, 3.05) is 6.61 Å². The van der Waals surface area contributed by atoms with Gasteiger partial charge in [-0.1, -0.05) is 18.2 Å². The van der Waals surface area contributed by atoms with E-state index in [2.05, 4.69) is 5.32 Å². The predicted octanol–water partition coefficient (Wildman–Crippen LogP) is 3.22. The molecule has 116 valence electrons. The van der Waals surface area contributed by atoms with Crippen LogP contribution < -0.4 is 10.1 Å². The quantitative estimate of drug-likeness (QED) is 0.890. The molecule has 0 unspecified atom stereocenters. The van der Waals surface area contributed by atoms with Crippen LogP contribution in [0.1, 0.15) is 18.1 Å². The standard InChI is InChI=1S/C17H17F2NO2/c1-2-22-15-7-3-12(4-8-15)9-17(21)20-11-13-5-6-14(18)10-16(13)19/h3-8,10H,2,9,11H2,1H3,(H,20,21). The lowest BCUT2D eigenvalue weighted by Gasteiger charge is -2.07. The maximum atomic E-state index is 13.4. The first-order valence-corrected chi connectivity index (χ1v) is 7.01. The molecule has 0 aliphatic carbocycles. The Morgan fingerprint density at radius 2 is 1.86 bits per heavy atom. The molecule has 22 heavy (non-hydrogen) atoms. The highest BCUT2D eigenvalue weighted by molar-refractivity contribution is 5.78. The van der Waals surface area contributed by atoms with E-state index in [4.69, 9.17) is 4.74 Å². The van der Waals surface area contributed by atoms with Gasteiger partial charge in [0, 0.05) is 18.2 Å². The van der Waals surface area contributed by atoms with Crippen LogP contribution in [0.4, 0.5) is 8.78 Å². The molecule has 0 radical (unpaired) electrons. The summed E-state index contributed by atoms with van der Waals surface area (Å²) in [4.78, 5) is 11.8. The van der Waals surface area contributed by atoms with Crippen molar-refractivity contribution in [3.63, 3.8) is 0 Å². The second-order valence-electron chi connectivity index (χ2n) is 4.77. The summed E-state index contributed by atoms with van der Waals surface area (Å²) in [7, 11) is 0. The van der Waals surface area contributed by atoms with Crippen LogP contribution in [0.2, 0.25) is 0 Å². The van der Waals surface area contributed by atoms with Gasteiger partial charge in [0.1, 0.15) is 17.4 Å². The molecule has 0 saturated heterocycles. The van der Waals surface area contributed by atoms with Crippen molar-refractivity contribution < 1.29 is 18.3 Å². The zero-order valence-electron chi connectivity index (χ0n) is 12.2. The molecule has 2 rings (SSSR count). The number of halogens is 2. The summed E-state index contributed by atoms with van der Waals surface area (Å²) in [6.07, 6.45) is 0.190. The summed E-state index contributed by atoms with van der Waals surface area (Å²) < 4.78 is 31.5. The molecule has 5 heteroatoms. The van der Waals surface area contributed by atoms with Crippen LogP contribution in [0, 0.1) is 11.6 Å². The van der Waals surface area contributed by atoms with E-state index in [1.807, 2.05) is 19.1 Å². The number of rotatable bonds is 6. The van der Waals surface area contributed by atoms with Crippen LogP contribution in [0.3, 0.4) is 0 Å². The van der Waals surface area contributed by atoms with E-state index >= 15 is 0 Å². The van der Waals surface area contributed by atoms with Gasteiger partial charge in [0.15, 0.2) is 0 Å². The Morgan fingerprint density at radius 3 is 2.50 bits per heavy atom. The molecule has 0 aromatic heterocycles. The summed E-state index contributed by atoms with van der Waals surface area (Å²) >= 11 is 0.